The maximum absolute atomic E-state index is 12.6. The molecular formula is C19H34N2OS. The van der Waals surface area contributed by atoms with Crippen molar-refractivity contribution in [1.82, 2.24) is 9.62 Å². The highest BCUT2D eigenvalue weighted by atomic mass is 32.2. The zero-order chi connectivity index (χ0) is 17.6. The molecule has 0 bridgehead atoms. The third-order valence-electron chi connectivity index (χ3n) is 4.42. The highest BCUT2D eigenvalue weighted by Gasteiger charge is 2.33. The summed E-state index contributed by atoms with van der Waals surface area (Å²) >= 11 is -1.10. The molecule has 0 amide bonds. The highest BCUT2D eigenvalue weighted by Crippen LogP contribution is 2.25. The lowest BCUT2D eigenvalue weighted by Crippen LogP contribution is -2.48. The number of hydrogen-bond acceptors (Lipinski definition) is 3. The summed E-state index contributed by atoms with van der Waals surface area (Å²) in [6.07, 6.45) is 1.18. The average Bonchev–Trinajstić information content (AvgIpc) is 2.51. The van der Waals surface area contributed by atoms with E-state index in [0.717, 1.165) is 6.54 Å². The van der Waals surface area contributed by atoms with Gasteiger partial charge in [0, 0.05) is 23.9 Å². The molecule has 1 N–H and O–H groups in total. The third-order valence-corrected chi connectivity index (χ3v) is 6.00. The molecule has 0 fully saturated rings. The van der Waals surface area contributed by atoms with Gasteiger partial charge in [-0.2, -0.15) is 0 Å². The standard InChI is InChI=1S/C19H34N2OS/c1-8-15(2)14-21(7)16(3)18(17-12-10-9-11-13-17)20-23(22)19(4,5)6/h9-13,15-16,18,20H,8,14H2,1-7H3/t15?,16?,18-,23+/m0/s1. The quantitative estimate of drug-likeness (QED) is 0.724. The third kappa shape index (κ3) is 6.46. The summed E-state index contributed by atoms with van der Waals surface area (Å²) in [5, 5.41) is 0. The van der Waals surface area contributed by atoms with Crippen LogP contribution in [0.4, 0.5) is 0 Å². The summed E-state index contributed by atoms with van der Waals surface area (Å²) in [5.41, 5.74) is 1.19. The van der Waals surface area contributed by atoms with Gasteiger partial charge in [0.1, 0.15) is 4.75 Å². The Morgan fingerprint density at radius 1 is 1.17 bits per heavy atom. The van der Waals surface area contributed by atoms with Crippen LogP contribution in [-0.2, 0) is 11.4 Å². The van der Waals surface area contributed by atoms with E-state index in [4.69, 9.17) is 0 Å². The number of likely N-dealkylation sites (N-methyl/N-ethyl adjacent to an activating group) is 1. The van der Waals surface area contributed by atoms with Crippen LogP contribution < -0.4 is 4.72 Å². The Kier molecular flexibility index (Phi) is 8.08. The maximum Gasteiger partial charge on any atom is 0.136 e. The minimum Gasteiger partial charge on any atom is -0.598 e. The second kappa shape index (κ2) is 9.07. The second-order valence-corrected chi connectivity index (χ2v) is 9.58. The van der Waals surface area contributed by atoms with Gasteiger partial charge in [-0.15, -0.1) is 4.72 Å². The number of benzene rings is 1. The molecule has 132 valence electrons. The van der Waals surface area contributed by atoms with E-state index in [-0.39, 0.29) is 16.8 Å². The Morgan fingerprint density at radius 3 is 2.22 bits per heavy atom. The first-order valence-electron chi connectivity index (χ1n) is 8.60. The van der Waals surface area contributed by atoms with Gasteiger partial charge in [0.05, 0.1) is 6.04 Å². The molecule has 0 spiro atoms. The average molecular weight is 339 g/mol. The predicted molar refractivity (Wildman–Crippen MR) is 102 cm³/mol. The van der Waals surface area contributed by atoms with Crippen LogP contribution >= 0.6 is 0 Å². The summed E-state index contributed by atoms with van der Waals surface area (Å²) in [4.78, 5) is 2.37. The molecule has 2 unspecified atom stereocenters. The zero-order valence-corrected chi connectivity index (χ0v) is 16.6. The molecule has 4 heteroatoms. The van der Waals surface area contributed by atoms with Gasteiger partial charge in [-0.25, -0.2) is 0 Å². The monoisotopic (exact) mass is 338 g/mol. The fourth-order valence-corrected chi connectivity index (χ4v) is 3.36. The number of rotatable bonds is 8. The summed E-state index contributed by atoms with van der Waals surface area (Å²) in [7, 11) is 2.16. The molecule has 0 saturated heterocycles. The molecule has 4 atom stereocenters. The van der Waals surface area contributed by atoms with Crippen LogP contribution in [0.25, 0.3) is 0 Å². The lowest BCUT2D eigenvalue weighted by Gasteiger charge is -2.36. The van der Waals surface area contributed by atoms with Crippen LogP contribution in [0.1, 0.15) is 59.6 Å². The Labute approximate surface area is 146 Å². The van der Waals surface area contributed by atoms with E-state index < -0.39 is 11.4 Å². The van der Waals surface area contributed by atoms with Crippen molar-refractivity contribution in [3.05, 3.63) is 35.9 Å². The van der Waals surface area contributed by atoms with Gasteiger partial charge in [-0.3, -0.25) is 0 Å². The first-order chi connectivity index (χ1) is 10.7. The fraction of sp³-hybridized carbons (Fsp3) is 0.684. The highest BCUT2D eigenvalue weighted by molar-refractivity contribution is 7.90. The summed E-state index contributed by atoms with van der Waals surface area (Å²) in [6, 6.07) is 10.7. The SMILES string of the molecule is CCC(C)CN(C)C(C)[C@H](N[S@+]([O-])C(C)(C)C)c1ccccc1. The van der Waals surface area contributed by atoms with Crippen LogP contribution in [0, 0.1) is 5.92 Å². The summed E-state index contributed by atoms with van der Waals surface area (Å²) in [5.74, 6) is 0.659. The van der Waals surface area contributed by atoms with Crippen molar-refractivity contribution >= 4 is 11.4 Å². The Balaban J connectivity index is 2.95. The molecule has 23 heavy (non-hydrogen) atoms. The smallest absolute Gasteiger partial charge is 0.136 e. The van der Waals surface area contributed by atoms with Gasteiger partial charge in [0.25, 0.3) is 0 Å². The topological polar surface area (TPSA) is 38.3 Å². The molecular weight excluding hydrogens is 304 g/mol. The van der Waals surface area contributed by atoms with E-state index in [1.54, 1.807) is 0 Å². The van der Waals surface area contributed by atoms with E-state index in [1.807, 2.05) is 39.0 Å². The Bertz CT molecular complexity index is 446. The molecule has 0 aromatic heterocycles. The summed E-state index contributed by atoms with van der Waals surface area (Å²) in [6.45, 7) is 13.8. The van der Waals surface area contributed by atoms with Crippen LogP contribution in [0.15, 0.2) is 30.3 Å². The fourth-order valence-electron chi connectivity index (χ4n) is 2.44. The molecule has 1 rings (SSSR count). The van der Waals surface area contributed by atoms with Crippen molar-refractivity contribution in [1.29, 1.82) is 0 Å². The molecule has 0 heterocycles. The normalized spacial score (nSPS) is 17.8. The van der Waals surface area contributed by atoms with Crippen LogP contribution in [0.5, 0.6) is 0 Å². The molecule has 0 radical (unpaired) electrons. The molecule has 0 aliphatic rings. The van der Waals surface area contributed by atoms with Crippen molar-refractivity contribution in [2.75, 3.05) is 13.6 Å². The predicted octanol–water partition coefficient (Wildman–Crippen LogP) is 4.15. The van der Waals surface area contributed by atoms with Gasteiger partial charge < -0.3 is 9.45 Å². The van der Waals surface area contributed by atoms with Crippen molar-refractivity contribution < 1.29 is 4.55 Å². The van der Waals surface area contributed by atoms with Gasteiger partial charge in [-0.05, 0) is 46.2 Å². The maximum atomic E-state index is 12.6. The van der Waals surface area contributed by atoms with Gasteiger partial charge in [0.15, 0.2) is 0 Å². The van der Waals surface area contributed by atoms with Gasteiger partial charge >= 0.3 is 0 Å². The molecule has 0 aliphatic heterocycles. The molecule has 0 aliphatic carbocycles. The van der Waals surface area contributed by atoms with Crippen LogP contribution in [-0.4, -0.2) is 33.8 Å². The number of hydrogen-bond donors (Lipinski definition) is 1. The van der Waals surface area contributed by atoms with Crippen molar-refractivity contribution in [2.24, 2.45) is 5.92 Å². The lowest BCUT2D eigenvalue weighted by molar-refractivity contribution is 0.191. The van der Waals surface area contributed by atoms with Crippen molar-refractivity contribution in [2.45, 2.75) is 64.8 Å². The van der Waals surface area contributed by atoms with Crippen LogP contribution in [0.2, 0.25) is 0 Å². The van der Waals surface area contributed by atoms with E-state index in [2.05, 4.69) is 49.6 Å². The van der Waals surface area contributed by atoms with Crippen LogP contribution in [0.3, 0.4) is 0 Å². The first kappa shape index (κ1) is 20.5. The number of nitrogens with zero attached hydrogens (tertiary/aromatic N) is 1. The van der Waals surface area contributed by atoms with E-state index in [0.29, 0.717) is 5.92 Å². The van der Waals surface area contributed by atoms with Crippen molar-refractivity contribution in [3.8, 4) is 0 Å². The molecule has 3 nitrogen and oxygen atoms in total. The van der Waals surface area contributed by atoms with E-state index in [9.17, 15) is 4.55 Å². The Hall–Kier alpha value is -0.550. The lowest BCUT2D eigenvalue weighted by atomic mass is 9.99. The second-order valence-electron chi connectivity index (χ2n) is 7.58. The molecule has 0 saturated carbocycles. The minimum absolute atomic E-state index is 0.0466. The summed E-state index contributed by atoms with van der Waals surface area (Å²) < 4.78 is 15.7. The first-order valence-corrected chi connectivity index (χ1v) is 9.75. The molecule has 1 aromatic carbocycles. The van der Waals surface area contributed by atoms with E-state index in [1.165, 1.54) is 12.0 Å². The van der Waals surface area contributed by atoms with E-state index >= 15 is 0 Å². The molecule has 1 aromatic rings. The van der Waals surface area contributed by atoms with Crippen molar-refractivity contribution in [3.63, 3.8) is 0 Å². The largest absolute Gasteiger partial charge is 0.598 e. The number of nitrogens with one attached hydrogen (secondary N) is 1. The Morgan fingerprint density at radius 2 is 1.74 bits per heavy atom. The van der Waals surface area contributed by atoms with Gasteiger partial charge in [-0.1, -0.05) is 50.6 Å². The zero-order valence-electron chi connectivity index (χ0n) is 15.8. The minimum atomic E-state index is -1.10. The van der Waals surface area contributed by atoms with Gasteiger partial charge in [0.2, 0.25) is 0 Å².